The predicted molar refractivity (Wildman–Crippen MR) is 108 cm³/mol. The average molecular weight is 390 g/mol. The van der Waals surface area contributed by atoms with Crippen molar-refractivity contribution in [2.75, 3.05) is 5.32 Å². The van der Waals surface area contributed by atoms with Crippen molar-refractivity contribution < 1.29 is 4.79 Å². The summed E-state index contributed by atoms with van der Waals surface area (Å²) in [6, 6.07) is 14.5. The van der Waals surface area contributed by atoms with Crippen LogP contribution in [0.15, 0.2) is 64.3 Å². The molecular weight excluding hydrogens is 372 g/mol. The first-order chi connectivity index (χ1) is 14.0. The maximum absolute atomic E-state index is 12.4. The number of aromatic nitrogens is 5. The first kappa shape index (κ1) is 18.4. The zero-order valence-corrected chi connectivity index (χ0v) is 15.6. The monoisotopic (exact) mass is 390 g/mol. The van der Waals surface area contributed by atoms with Crippen LogP contribution in [0, 0.1) is 6.92 Å². The molecule has 0 fully saturated rings. The number of hydrogen-bond donors (Lipinski definition) is 2. The lowest BCUT2D eigenvalue weighted by molar-refractivity contribution is -0.116. The zero-order valence-electron chi connectivity index (χ0n) is 15.6. The van der Waals surface area contributed by atoms with Gasteiger partial charge in [0.1, 0.15) is 5.82 Å². The maximum atomic E-state index is 12.4. The number of pyridine rings is 1. The van der Waals surface area contributed by atoms with Crippen molar-refractivity contribution in [3.63, 3.8) is 0 Å². The van der Waals surface area contributed by atoms with Crippen LogP contribution in [-0.2, 0) is 11.3 Å². The molecule has 0 spiro atoms. The topological polar surface area (TPSA) is 115 Å². The summed E-state index contributed by atoms with van der Waals surface area (Å²) in [4.78, 5) is 42.0. The minimum Gasteiger partial charge on any atom is -0.310 e. The second kappa shape index (κ2) is 7.55. The Kier molecular flexibility index (Phi) is 4.78. The number of nitrogens with one attached hydrogen (secondary N) is 2. The average Bonchev–Trinajstić information content (AvgIpc) is 3.07. The molecule has 0 bridgehead atoms. The SMILES string of the molecule is Cc1cc(NC(=O)CCn2ccc(=O)[nH]c2=O)n(-c2ccc3ccccc3n2)n1. The smallest absolute Gasteiger partial charge is 0.310 e. The number of amides is 1. The predicted octanol–water partition coefficient (Wildman–Crippen LogP) is 1.61. The Morgan fingerprint density at radius 3 is 2.79 bits per heavy atom. The largest absolute Gasteiger partial charge is 0.328 e. The van der Waals surface area contributed by atoms with E-state index in [2.05, 4.69) is 20.4 Å². The summed E-state index contributed by atoms with van der Waals surface area (Å²) in [7, 11) is 0. The normalized spacial score (nSPS) is 10.9. The molecule has 0 aliphatic rings. The molecule has 3 heterocycles. The molecule has 0 aliphatic heterocycles. The molecule has 9 nitrogen and oxygen atoms in total. The van der Waals surface area contributed by atoms with Gasteiger partial charge in [0.05, 0.1) is 11.2 Å². The third kappa shape index (κ3) is 3.98. The Morgan fingerprint density at radius 1 is 1.14 bits per heavy atom. The number of nitrogens with zero attached hydrogens (tertiary/aromatic N) is 4. The lowest BCUT2D eigenvalue weighted by Gasteiger charge is -2.09. The van der Waals surface area contributed by atoms with E-state index in [4.69, 9.17) is 0 Å². The van der Waals surface area contributed by atoms with E-state index in [9.17, 15) is 14.4 Å². The van der Waals surface area contributed by atoms with Gasteiger partial charge < -0.3 is 9.88 Å². The van der Waals surface area contributed by atoms with Gasteiger partial charge in [-0.05, 0) is 25.1 Å². The lowest BCUT2D eigenvalue weighted by Crippen LogP contribution is -2.30. The molecule has 1 aromatic carbocycles. The highest BCUT2D eigenvalue weighted by Crippen LogP contribution is 2.19. The van der Waals surface area contributed by atoms with Crippen molar-refractivity contribution in [3.8, 4) is 5.82 Å². The maximum Gasteiger partial charge on any atom is 0.328 e. The molecule has 0 radical (unpaired) electrons. The highest BCUT2D eigenvalue weighted by atomic mass is 16.2. The third-order valence-electron chi connectivity index (χ3n) is 4.38. The van der Waals surface area contributed by atoms with Crippen molar-refractivity contribution in [2.45, 2.75) is 19.9 Å². The second-order valence-electron chi connectivity index (χ2n) is 6.55. The van der Waals surface area contributed by atoms with Crippen LogP contribution in [0.25, 0.3) is 16.7 Å². The molecule has 4 aromatic rings. The molecule has 0 aliphatic carbocycles. The molecule has 0 unspecified atom stereocenters. The van der Waals surface area contributed by atoms with Crippen molar-refractivity contribution >= 4 is 22.6 Å². The van der Waals surface area contributed by atoms with Gasteiger partial charge >= 0.3 is 5.69 Å². The fourth-order valence-corrected chi connectivity index (χ4v) is 2.98. The summed E-state index contributed by atoms with van der Waals surface area (Å²) < 4.78 is 2.85. The Bertz CT molecular complexity index is 1320. The highest BCUT2D eigenvalue weighted by molar-refractivity contribution is 5.90. The van der Waals surface area contributed by atoms with Gasteiger partial charge in [0.2, 0.25) is 5.91 Å². The summed E-state index contributed by atoms with van der Waals surface area (Å²) in [5.74, 6) is 0.790. The van der Waals surface area contributed by atoms with Crippen LogP contribution in [0.3, 0.4) is 0 Å². The number of para-hydroxylation sites is 1. The van der Waals surface area contributed by atoms with Gasteiger partial charge in [0.15, 0.2) is 5.82 Å². The standard InChI is InChI=1S/C20H18N6O3/c1-13-12-17(22-18(27)8-10-25-11-9-19(28)23-20(25)29)26(24-13)16-7-6-14-4-2-3-5-15(14)21-16/h2-7,9,11-12H,8,10H2,1H3,(H,22,27)(H,23,28,29). The summed E-state index contributed by atoms with van der Waals surface area (Å²) >= 11 is 0. The minimum absolute atomic E-state index is 0.0569. The molecule has 146 valence electrons. The van der Waals surface area contributed by atoms with Crippen LogP contribution >= 0.6 is 0 Å². The Hall–Kier alpha value is -4.01. The molecule has 9 heteroatoms. The first-order valence-electron chi connectivity index (χ1n) is 9.02. The van der Waals surface area contributed by atoms with Crippen LogP contribution in [0.1, 0.15) is 12.1 Å². The number of aryl methyl sites for hydroxylation is 2. The van der Waals surface area contributed by atoms with E-state index in [-0.39, 0.29) is 18.9 Å². The third-order valence-corrected chi connectivity index (χ3v) is 4.38. The molecule has 4 rings (SSSR count). The molecular formula is C20H18N6O3. The van der Waals surface area contributed by atoms with Crippen LogP contribution < -0.4 is 16.6 Å². The number of carbonyl (C=O) groups excluding carboxylic acids is 1. The number of hydrogen-bond acceptors (Lipinski definition) is 5. The number of rotatable bonds is 5. The lowest BCUT2D eigenvalue weighted by atomic mass is 10.2. The molecule has 0 saturated heterocycles. The summed E-state index contributed by atoms with van der Waals surface area (Å²) in [5.41, 5.74) is 0.532. The van der Waals surface area contributed by atoms with E-state index in [1.165, 1.54) is 16.8 Å². The van der Waals surface area contributed by atoms with E-state index in [0.29, 0.717) is 11.6 Å². The minimum atomic E-state index is -0.549. The quantitative estimate of drug-likeness (QED) is 0.537. The number of fused-ring (bicyclic) bond motifs is 1. The van der Waals surface area contributed by atoms with E-state index < -0.39 is 11.2 Å². The summed E-state index contributed by atoms with van der Waals surface area (Å²) in [5, 5.41) is 8.25. The fraction of sp³-hybridized carbons (Fsp3) is 0.150. The number of H-pyrrole nitrogens is 1. The number of anilines is 1. The van der Waals surface area contributed by atoms with Crippen LogP contribution in [0.2, 0.25) is 0 Å². The van der Waals surface area contributed by atoms with Gasteiger partial charge in [-0.1, -0.05) is 18.2 Å². The fourth-order valence-electron chi connectivity index (χ4n) is 2.98. The number of aromatic amines is 1. The van der Waals surface area contributed by atoms with Crippen molar-refractivity contribution in [3.05, 3.63) is 81.3 Å². The van der Waals surface area contributed by atoms with Crippen molar-refractivity contribution in [2.24, 2.45) is 0 Å². The zero-order chi connectivity index (χ0) is 20.4. The summed E-state index contributed by atoms with van der Waals surface area (Å²) in [6.07, 6.45) is 1.42. The first-order valence-corrected chi connectivity index (χ1v) is 9.02. The van der Waals surface area contributed by atoms with Gasteiger partial charge in [-0.25, -0.2) is 9.78 Å². The Labute approximate surface area is 164 Å². The van der Waals surface area contributed by atoms with Crippen LogP contribution in [-0.4, -0.2) is 30.2 Å². The molecule has 29 heavy (non-hydrogen) atoms. The van der Waals surface area contributed by atoms with E-state index >= 15 is 0 Å². The van der Waals surface area contributed by atoms with Crippen molar-refractivity contribution in [1.82, 2.24) is 24.3 Å². The van der Waals surface area contributed by atoms with Crippen molar-refractivity contribution in [1.29, 1.82) is 0 Å². The van der Waals surface area contributed by atoms with E-state index in [1.54, 1.807) is 10.7 Å². The van der Waals surface area contributed by atoms with Gasteiger partial charge in [0.25, 0.3) is 5.56 Å². The summed E-state index contributed by atoms with van der Waals surface area (Å²) in [6.45, 7) is 1.97. The van der Waals surface area contributed by atoms with Crippen LogP contribution in [0.4, 0.5) is 5.82 Å². The number of benzene rings is 1. The van der Waals surface area contributed by atoms with Gasteiger partial charge in [-0.3, -0.25) is 14.6 Å². The second-order valence-corrected chi connectivity index (χ2v) is 6.55. The van der Waals surface area contributed by atoms with E-state index in [1.807, 2.05) is 43.3 Å². The molecule has 0 saturated carbocycles. The Morgan fingerprint density at radius 2 is 1.97 bits per heavy atom. The van der Waals surface area contributed by atoms with Gasteiger partial charge in [-0.2, -0.15) is 9.78 Å². The van der Waals surface area contributed by atoms with Gasteiger partial charge in [0, 0.05) is 36.7 Å². The Balaban J connectivity index is 1.53. The molecule has 0 atom stereocenters. The van der Waals surface area contributed by atoms with Gasteiger partial charge in [-0.15, -0.1) is 0 Å². The van der Waals surface area contributed by atoms with E-state index in [0.717, 1.165) is 16.6 Å². The molecule has 3 aromatic heterocycles. The number of carbonyl (C=O) groups is 1. The molecule has 2 N–H and O–H groups in total. The highest BCUT2D eigenvalue weighted by Gasteiger charge is 2.13. The van der Waals surface area contributed by atoms with Crippen LogP contribution in [0.5, 0.6) is 0 Å². The molecule has 1 amide bonds.